The number of carbonyl (C=O) groups excluding carboxylic acids is 2. The Bertz CT molecular complexity index is 458. The molecule has 1 amide bonds. The minimum atomic E-state index is -0.224. The Hall–Kier alpha value is -1.84. The van der Waals surface area contributed by atoms with Crippen LogP contribution in [0.4, 0.5) is 0 Å². The number of carbonyl (C=O) groups is 2. The lowest BCUT2D eigenvalue weighted by Gasteiger charge is -2.35. The van der Waals surface area contributed by atoms with Gasteiger partial charge in [0.15, 0.2) is 0 Å². The van der Waals surface area contributed by atoms with Gasteiger partial charge in [0, 0.05) is 18.7 Å². The number of amides is 1. The van der Waals surface area contributed by atoms with Crippen LogP contribution in [0.2, 0.25) is 0 Å². The number of rotatable bonds is 2. The maximum Gasteiger partial charge on any atom is 0.310 e. The van der Waals surface area contributed by atoms with Gasteiger partial charge in [-0.05, 0) is 24.5 Å². The molecule has 0 N–H and O–H groups in total. The lowest BCUT2D eigenvalue weighted by molar-refractivity contribution is -0.148. The summed E-state index contributed by atoms with van der Waals surface area (Å²) in [6, 6.07) is 9.17. The molecule has 1 saturated heterocycles. The zero-order chi connectivity index (χ0) is 13.8. The molecule has 0 aliphatic carbocycles. The fraction of sp³-hybridized carbons (Fsp3) is 0.467. The molecule has 0 radical (unpaired) electrons. The Morgan fingerprint density at radius 1 is 1.26 bits per heavy atom. The van der Waals surface area contributed by atoms with Gasteiger partial charge in [-0.15, -0.1) is 0 Å². The van der Waals surface area contributed by atoms with E-state index < -0.39 is 0 Å². The van der Waals surface area contributed by atoms with E-state index in [9.17, 15) is 9.59 Å². The minimum Gasteiger partial charge on any atom is -0.469 e. The van der Waals surface area contributed by atoms with Gasteiger partial charge in [-0.3, -0.25) is 9.59 Å². The van der Waals surface area contributed by atoms with E-state index in [4.69, 9.17) is 4.74 Å². The molecule has 19 heavy (non-hydrogen) atoms. The maximum atomic E-state index is 12.3. The van der Waals surface area contributed by atoms with Gasteiger partial charge in [0.1, 0.15) is 0 Å². The summed E-state index contributed by atoms with van der Waals surface area (Å²) < 4.78 is 4.82. The molecule has 0 bridgehead atoms. The number of likely N-dealkylation sites (tertiary alicyclic amines) is 1. The smallest absolute Gasteiger partial charge is 0.310 e. The van der Waals surface area contributed by atoms with Crippen LogP contribution < -0.4 is 0 Å². The van der Waals surface area contributed by atoms with E-state index in [1.54, 1.807) is 17.0 Å². The monoisotopic (exact) mass is 261 g/mol. The molecule has 1 aromatic rings. The number of nitrogens with zero attached hydrogens (tertiary/aromatic N) is 1. The van der Waals surface area contributed by atoms with Crippen LogP contribution in [0.5, 0.6) is 0 Å². The Kier molecular flexibility index (Phi) is 4.20. The molecule has 1 fully saturated rings. The van der Waals surface area contributed by atoms with Crippen LogP contribution in [0, 0.1) is 11.8 Å². The largest absolute Gasteiger partial charge is 0.469 e. The average Bonchev–Trinajstić information content (AvgIpc) is 2.47. The SMILES string of the molecule is COC(=O)C1CN(C(=O)c2ccccc2)CCC1C. The Morgan fingerprint density at radius 3 is 2.58 bits per heavy atom. The summed E-state index contributed by atoms with van der Waals surface area (Å²) >= 11 is 0. The molecule has 2 unspecified atom stereocenters. The van der Waals surface area contributed by atoms with Crippen LogP contribution in [-0.4, -0.2) is 37.0 Å². The highest BCUT2D eigenvalue weighted by molar-refractivity contribution is 5.94. The first kappa shape index (κ1) is 13.6. The third-order valence-corrected chi connectivity index (χ3v) is 3.77. The van der Waals surface area contributed by atoms with E-state index in [-0.39, 0.29) is 23.7 Å². The third-order valence-electron chi connectivity index (χ3n) is 3.77. The van der Waals surface area contributed by atoms with Crippen molar-refractivity contribution in [3.63, 3.8) is 0 Å². The van der Waals surface area contributed by atoms with Crippen LogP contribution in [0.15, 0.2) is 30.3 Å². The predicted molar refractivity (Wildman–Crippen MR) is 71.6 cm³/mol. The van der Waals surface area contributed by atoms with E-state index in [0.717, 1.165) is 6.42 Å². The topological polar surface area (TPSA) is 46.6 Å². The molecule has 0 aromatic heterocycles. The molecule has 102 valence electrons. The highest BCUT2D eigenvalue weighted by atomic mass is 16.5. The zero-order valence-electron chi connectivity index (χ0n) is 11.3. The zero-order valence-corrected chi connectivity index (χ0v) is 11.3. The quantitative estimate of drug-likeness (QED) is 0.764. The molecule has 0 spiro atoms. The van der Waals surface area contributed by atoms with Crippen molar-refractivity contribution < 1.29 is 14.3 Å². The molecule has 4 nitrogen and oxygen atoms in total. The van der Waals surface area contributed by atoms with Gasteiger partial charge in [0.05, 0.1) is 13.0 Å². The fourth-order valence-corrected chi connectivity index (χ4v) is 2.48. The van der Waals surface area contributed by atoms with Gasteiger partial charge in [-0.2, -0.15) is 0 Å². The Labute approximate surface area is 113 Å². The molecule has 2 atom stereocenters. The minimum absolute atomic E-state index is 0.0126. The second kappa shape index (κ2) is 5.87. The van der Waals surface area contributed by atoms with Crippen molar-refractivity contribution in [2.24, 2.45) is 11.8 Å². The van der Waals surface area contributed by atoms with Crippen LogP contribution in [0.1, 0.15) is 23.7 Å². The molecular weight excluding hydrogens is 242 g/mol. The summed E-state index contributed by atoms with van der Waals surface area (Å²) in [6.07, 6.45) is 0.832. The number of methoxy groups -OCH3 is 1. The van der Waals surface area contributed by atoms with E-state index in [0.29, 0.717) is 18.7 Å². The number of piperidine rings is 1. The van der Waals surface area contributed by atoms with Gasteiger partial charge in [0.2, 0.25) is 0 Å². The summed E-state index contributed by atoms with van der Waals surface area (Å²) in [5.74, 6) is -0.196. The van der Waals surface area contributed by atoms with Crippen molar-refractivity contribution in [3.05, 3.63) is 35.9 Å². The summed E-state index contributed by atoms with van der Waals surface area (Å²) in [7, 11) is 1.40. The van der Waals surface area contributed by atoms with Crippen molar-refractivity contribution in [1.29, 1.82) is 0 Å². The first-order valence-corrected chi connectivity index (χ1v) is 6.55. The van der Waals surface area contributed by atoms with Crippen molar-refractivity contribution in [3.8, 4) is 0 Å². The Morgan fingerprint density at radius 2 is 1.95 bits per heavy atom. The highest BCUT2D eigenvalue weighted by Gasteiger charge is 2.34. The van der Waals surface area contributed by atoms with Crippen molar-refractivity contribution in [1.82, 2.24) is 4.90 Å². The summed E-state index contributed by atoms with van der Waals surface area (Å²) in [6.45, 7) is 3.18. The molecule has 1 aliphatic heterocycles. The third kappa shape index (κ3) is 2.95. The van der Waals surface area contributed by atoms with E-state index in [1.807, 2.05) is 25.1 Å². The van der Waals surface area contributed by atoms with Crippen molar-refractivity contribution in [2.45, 2.75) is 13.3 Å². The standard InChI is InChI=1S/C15H19NO3/c1-11-8-9-16(10-13(11)15(18)19-2)14(17)12-6-4-3-5-7-12/h3-7,11,13H,8-10H2,1-2H3. The number of benzene rings is 1. The van der Waals surface area contributed by atoms with Crippen LogP contribution >= 0.6 is 0 Å². The second-order valence-corrected chi connectivity index (χ2v) is 5.01. The normalized spacial score (nSPS) is 22.9. The highest BCUT2D eigenvalue weighted by Crippen LogP contribution is 2.25. The molecule has 1 heterocycles. The maximum absolute atomic E-state index is 12.3. The fourth-order valence-electron chi connectivity index (χ4n) is 2.48. The number of hydrogen-bond acceptors (Lipinski definition) is 3. The predicted octanol–water partition coefficient (Wildman–Crippen LogP) is 1.96. The molecule has 0 saturated carbocycles. The Balaban J connectivity index is 2.10. The van der Waals surface area contributed by atoms with Gasteiger partial charge in [-0.25, -0.2) is 0 Å². The van der Waals surface area contributed by atoms with Gasteiger partial charge in [-0.1, -0.05) is 25.1 Å². The number of ether oxygens (including phenoxy) is 1. The lowest BCUT2D eigenvalue weighted by atomic mass is 9.87. The molecule has 2 rings (SSSR count). The molecule has 4 heteroatoms. The van der Waals surface area contributed by atoms with Crippen molar-refractivity contribution in [2.75, 3.05) is 20.2 Å². The summed E-state index contributed by atoms with van der Waals surface area (Å²) in [4.78, 5) is 25.8. The summed E-state index contributed by atoms with van der Waals surface area (Å²) in [5, 5.41) is 0. The second-order valence-electron chi connectivity index (χ2n) is 5.01. The number of hydrogen-bond donors (Lipinski definition) is 0. The van der Waals surface area contributed by atoms with Gasteiger partial charge in [0.25, 0.3) is 5.91 Å². The van der Waals surface area contributed by atoms with Crippen molar-refractivity contribution >= 4 is 11.9 Å². The van der Waals surface area contributed by atoms with E-state index in [2.05, 4.69) is 0 Å². The molecular formula is C15H19NO3. The van der Waals surface area contributed by atoms with Gasteiger partial charge < -0.3 is 9.64 Å². The van der Waals surface area contributed by atoms with Crippen LogP contribution in [-0.2, 0) is 9.53 Å². The summed E-state index contributed by atoms with van der Waals surface area (Å²) in [5.41, 5.74) is 0.667. The van der Waals surface area contributed by atoms with Crippen LogP contribution in [0.25, 0.3) is 0 Å². The molecule has 1 aliphatic rings. The first-order valence-electron chi connectivity index (χ1n) is 6.55. The van der Waals surface area contributed by atoms with Gasteiger partial charge >= 0.3 is 5.97 Å². The van der Waals surface area contributed by atoms with E-state index >= 15 is 0 Å². The first-order chi connectivity index (χ1) is 9.13. The lowest BCUT2D eigenvalue weighted by Crippen LogP contribution is -2.46. The average molecular weight is 261 g/mol. The van der Waals surface area contributed by atoms with Crippen LogP contribution in [0.3, 0.4) is 0 Å². The molecule has 1 aromatic carbocycles. The number of esters is 1. The van der Waals surface area contributed by atoms with E-state index in [1.165, 1.54) is 7.11 Å².